The number of likely N-dealkylation sites (N-methyl/N-ethyl adjacent to an activating group) is 1. The molecular formula is C15H21BrN2O. The first-order chi connectivity index (χ1) is 9.20. The Morgan fingerprint density at radius 2 is 2.32 bits per heavy atom. The number of carbonyl (C=O) groups excluding carboxylic acids is 1. The van der Waals surface area contributed by atoms with E-state index in [0.717, 1.165) is 29.7 Å². The van der Waals surface area contributed by atoms with Gasteiger partial charge in [0.2, 0.25) is 0 Å². The Balaban J connectivity index is 2.02. The van der Waals surface area contributed by atoms with Gasteiger partial charge < -0.3 is 10.2 Å². The van der Waals surface area contributed by atoms with Crippen LogP contribution in [0.4, 0.5) is 0 Å². The van der Waals surface area contributed by atoms with Crippen molar-refractivity contribution in [3.05, 3.63) is 34.3 Å². The van der Waals surface area contributed by atoms with Crippen LogP contribution in [-0.2, 0) is 0 Å². The summed E-state index contributed by atoms with van der Waals surface area (Å²) in [6.45, 7) is 4.68. The van der Waals surface area contributed by atoms with Crippen molar-refractivity contribution in [2.75, 3.05) is 19.6 Å². The molecule has 0 aliphatic carbocycles. The lowest BCUT2D eigenvalue weighted by Gasteiger charge is -2.30. The summed E-state index contributed by atoms with van der Waals surface area (Å²) in [6, 6.07) is 8.06. The third-order valence-electron chi connectivity index (χ3n) is 3.59. The molecule has 1 aliphatic rings. The number of amides is 1. The fourth-order valence-corrected chi connectivity index (χ4v) is 2.90. The van der Waals surface area contributed by atoms with E-state index in [1.165, 1.54) is 19.3 Å². The molecule has 0 spiro atoms. The monoisotopic (exact) mass is 324 g/mol. The molecule has 0 aromatic heterocycles. The van der Waals surface area contributed by atoms with Crippen LogP contribution < -0.4 is 5.32 Å². The van der Waals surface area contributed by atoms with E-state index in [9.17, 15) is 4.79 Å². The van der Waals surface area contributed by atoms with Crippen LogP contribution in [0.5, 0.6) is 0 Å². The zero-order valence-electron chi connectivity index (χ0n) is 11.4. The second kappa shape index (κ2) is 7.06. The fourth-order valence-electron chi connectivity index (χ4n) is 2.51. The maximum atomic E-state index is 12.5. The van der Waals surface area contributed by atoms with Crippen molar-refractivity contribution in [1.82, 2.24) is 10.2 Å². The number of halogens is 1. The highest BCUT2D eigenvalue weighted by Gasteiger charge is 2.20. The average molecular weight is 325 g/mol. The highest BCUT2D eigenvalue weighted by Crippen LogP contribution is 2.15. The van der Waals surface area contributed by atoms with Crippen LogP contribution in [-0.4, -0.2) is 36.5 Å². The first-order valence-corrected chi connectivity index (χ1v) is 7.78. The second-order valence-electron chi connectivity index (χ2n) is 5.00. The molecule has 1 aliphatic heterocycles. The van der Waals surface area contributed by atoms with Gasteiger partial charge in [-0.15, -0.1) is 0 Å². The molecule has 0 bridgehead atoms. The van der Waals surface area contributed by atoms with Gasteiger partial charge in [-0.1, -0.05) is 28.4 Å². The fraction of sp³-hybridized carbons (Fsp3) is 0.533. The SMILES string of the molecule is CCN(CC1CCCCN1)C(=O)c1cccc(Br)c1. The Bertz CT molecular complexity index is 430. The molecule has 1 unspecified atom stereocenters. The molecule has 4 heteroatoms. The van der Waals surface area contributed by atoms with E-state index in [-0.39, 0.29) is 5.91 Å². The molecule has 1 aromatic rings. The number of nitrogens with zero attached hydrogens (tertiary/aromatic N) is 1. The van der Waals surface area contributed by atoms with Gasteiger partial charge in [0, 0.05) is 29.2 Å². The molecule has 19 heavy (non-hydrogen) atoms. The summed E-state index contributed by atoms with van der Waals surface area (Å²) in [5, 5.41) is 3.50. The largest absolute Gasteiger partial charge is 0.337 e. The summed E-state index contributed by atoms with van der Waals surface area (Å²) in [4.78, 5) is 14.4. The molecule has 1 aromatic carbocycles. The molecular weight excluding hydrogens is 304 g/mol. The Hall–Kier alpha value is -0.870. The van der Waals surface area contributed by atoms with Gasteiger partial charge in [0.05, 0.1) is 0 Å². The summed E-state index contributed by atoms with van der Waals surface area (Å²) in [6.07, 6.45) is 3.69. The van der Waals surface area contributed by atoms with Crippen molar-refractivity contribution in [3.8, 4) is 0 Å². The van der Waals surface area contributed by atoms with E-state index in [0.29, 0.717) is 6.04 Å². The lowest BCUT2D eigenvalue weighted by molar-refractivity contribution is 0.0741. The summed E-state index contributed by atoms with van der Waals surface area (Å²) >= 11 is 3.42. The van der Waals surface area contributed by atoms with Crippen LogP contribution in [0.2, 0.25) is 0 Å². The molecule has 1 fully saturated rings. The van der Waals surface area contributed by atoms with Gasteiger partial charge in [0.25, 0.3) is 5.91 Å². The number of rotatable bonds is 4. The molecule has 1 saturated heterocycles. The normalized spacial score (nSPS) is 19.2. The minimum Gasteiger partial charge on any atom is -0.337 e. The molecule has 0 saturated carbocycles. The molecule has 0 radical (unpaired) electrons. The van der Waals surface area contributed by atoms with Crippen molar-refractivity contribution in [3.63, 3.8) is 0 Å². The molecule has 2 rings (SSSR count). The predicted molar refractivity (Wildman–Crippen MR) is 81.4 cm³/mol. The van der Waals surface area contributed by atoms with Gasteiger partial charge in [-0.25, -0.2) is 0 Å². The third kappa shape index (κ3) is 4.05. The Morgan fingerprint density at radius 3 is 2.95 bits per heavy atom. The minimum absolute atomic E-state index is 0.121. The highest BCUT2D eigenvalue weighted by atomic mass is 79.9. The van der Waals surface area contributed by atoms with Crippen LogP contribution in [0.25, 0.3) is 0 Å². The highest BCUT2D eigenvalue weighted by molar-refractivity contribution is 9.10. The van der Waals surface area contributed by atoms with E-state index in [1.54, 1.807) is 0 Å². The topological polar surface area (TPSA) is 32.3 Å². The van der Waals surface area contributed by atoms with Crippen molar-refractivity contribution in [1.29, 1.82) is 0 Å². The van der Waals surface area contributed by atoms with Gasteiger partial charge in [-0.3, -0.25) is 4.79 Å². The van der Waals surface area contributed by atoms with E-state index in [4.69, 9.17) is 0 Å². The zero-order valence-corrected chi connectivity index (χ0v) is 12.9. The Kier molecular flexibility index (Phi) is 5.40. The van der Waals surface area contributed by atoms with Gasteiger partial charge >= 0.3 is 0 Å². The number of carbonyl (C=O) groups is 1. The van der Waals surface area contributed by atoms with Gasteiger partial charge in [0.15, 0.2) is 0 Å². The second-order valence-corrected chi connectivity index (χ2v) is 5.92. The van der Waals surface area contributed by atoms with Crippen LogP contribution in [0.3, 0.4) is 0 Å². The molecule has 1 heterocycles. The van der Waals surface area contributed by atoms with Crippen LogP contribution >= 0.6 is 15.9 Å². The smallest absolute Gasteiger partial charge is 0.253 e. The average Bonchev–Trinajstić information content (AvgIpc) is 2.45. The lowest BCUT2D eigenvalue weighted by atomic mass is 10.0. The quantitative estimate of drug-likeness (QED) is 0.923. The molecule has 1 amide bonds. The first-order valence-electron chi connectivity index (χ1n) is 6.99. The molecule has 1 atom stereocenters. The zero-order chi connectivity index (χ0) is 13.7. The maximum Gasteiger partial charge on any atom is 0.253 e. The Morgan fingerprint density at radius 1 is 1.47 bits per heavy atom. The summed E-state index contributed by atoms with van der Waals surface area (Å²) < 4.78 is 0.949. The maximum absolute atomic E-state index is 12.5. The summed E-state index contributed by atoms with van der Waals surface area (Å²) in [7, 11) is 0. The van der Waals surface area contributed by atoms with Crippen molar-refractivity contribution in [2.45, 2.75) is 32.2 Å². The van der Waals surface area contributed by atoms with E-state index in [1.807, 2.05) is 36.1 Å². The number of nitrogens with one attached hydrogen (secondary N) is 1. The van der Waals surface area contributed by atoms with Crippen molar-refractivity contribution >= 4 is 21.8 Å². The first kappa shape index (κ1) is 14.5. The van der Waals surface area contributed by atoms with Gasteiger partial charge in [0.1, 0.15) is 0 Å². The van der Waals surface area contributed by atoms with Crippen molar-refractivity contribution < 1.29 is 4.79 Å². The predicted octanol–water partition coefficient (Wildman–Crippen LogP) is 3.05. The molecule has 3 nitrogen and oxygen atoms in total. The van der Waals surface area contributed by atoms with Gasteiger partial charge in [-0.2, -0.15) is 0 Å². The standard InChI is InChI=1S/C15H21BrN2O/c1-2-18(11-14-8-3-4-9-17-14)15(19)12-6-5-7-13(16)10-12/h5-7,10,14,17H,2-4,8-9,11H2,1H3. The van der Waals surface area contributed by atoms with Crippen LogP contribution in [0.1, 0.15) is 36.5 Å². The summed E-state index contributed by atoms with van der Waals surface area (Å²) in [5.74, 6) is 0.121. The number of hydrogen-bond acceptors (Lipinski definition) is 2. The van der Waals surface area contributed by atoms with E-state index < -0.39 is 0 Å². The van der Waals surface area contributed by atoms with Crippen LogP contribution in [0.15, 0.2) is 28.7 Å². The number of piperidine rings is 1. The van der Waals surface area contributed by atoms with Crippen LogP contribution in [0, 0.1) is 0 Å². The Labute approximate surface area is 123 Å². The van der Waals surface area contributed by atoms with Gasteiger partial charge in [-0.05, 0) is 44.5 Å². The summed E-state index contributed by atoms with van der Waals surface area (Å²) in [5.41, 5.74) is 0.757. The van der Waals surface area contributed by atoms with E-state index in [2.05, 4.69) is 21.2 Å². The van der Waals surface area contributed by atoms with E-state index >= 15 is 0 Å². The number of benzene rings is 1. The lowest BCUT2D eigenvalue weighted by Crippen LogP contribution is -2.45. The van der Waals surface area contributed by atoms with Crippen molar-refractivity contribution in [2.24, 2.45) is 0 Å². The molecule has 1 N–H and O–H groups in total. The number of hydrogen-bond donors (Lipinski definition) is 1. The minimum atomic E-state index is 0.121. The molecule has 104 valence electrons. The third-order valence-corrected chi connectivity index (χ3v) is 4.09.